The number of nitriles is 1. The summed E-state index contributed by atoms with van der Waals surface area (Å²) in [7, 11) is 4.00. The monoisotopic (exact) mass is 259 g/mol. The predicted molar refractivity (Wildman–Crippen MR) is 76.9 cm³/mol. The number of amides is 1. The molecule has 0 atom stereocenters. The van der Waals surface area contributed by atoms with Crippen LogP contribution in [0.2, 0.25) is 0 Å². The summed E-state index contributed by atoms with van der Waals surface area (Å²) in [5, 5.41) is 11.4. The van der Waals surface area contributed by atoms with Gasteiger partial charge in [0, 0.05) is 25.3 Å². The summed E-state index contributed by atoms with van der Waals surface area (Å²) in [6, 6.07) is 10.1. The van der Waals surface area contributed by atoms with Gasteiger partial charge in [0.1, 0.15) is 6.42 Å². The van der Waals surface area contributed by atoms with Crippen LogP contribution in [0.15, 0.2) is 24.3 Å². The molecule has 0 saturated carbocycles. The highest BCUT2D eigenvalue weighted by molar-refractivity contribution is 5.78. The third kappa shape index (κ3) is 5.01. The molecule has 1 amide bonds. The van der Waals surface area contributed by atoms with Crippen molar-refractivity contribution in [3.63, 3.8) is 0 Å². The van der Waals surface area contributed by atoms with Crippen LogP contribution < -0.4 is 10.2 Å². The molecule has 0 aliphatic carbocycles. The Bertz CT molecular complexity index is 469. The van der Waals surface area contributed by atoms with Gasteiger partial charge in [-0.15, -0.1) is 0 Å². The van der Waals surface area contributed by atoms with E-state index in [2.05, 4.69) is 29.6 Å². The first-order valence-electron chi connectivity index (χ1n) is 6.28. The Kier molecular flexibility index (Phi) is 4.94. The SMILES string of the molecule is CN(C)c1ccc(CC(C)(C)NC(=O)CC#N)cc1. The van der Waals surface area contributed by atoms with Gasteiger partial charge in [-0.3, -0.25) is 4.79 Å². The van der Waals surface area contributed by atoms with Gasteiger partial charge in [0.05, 0.1) is 6.07 Å². The van der Waals surface area contributed by atoms with Crippen LogP contribution in [0.1, 0.15) is 25.8 Å². The van der Waals surface area contributed by atoms with Gasteiger partial charge in [0.2, 0.25) is 5.91 Å². The summed E-state index contributed by atoms with van der Waals surface area (Å²) in [6.45, 7) is 3.92. The molecule has 0 heterocycles. The number of carbonyl (C=O) groups is 1. The van der Waals surface area contributed by atoms with Crippen molar-refractivity contribution in [2.45, 2.75) is 32.2 Å². The van der Waals surface area contributed by atoms with Crippen molar-refractivity contribution < 1.29 is 4.79 Å². The number of hydrogen-bond acceptors (Lipinski definition) is 3. The van der Waals surface area contributed by atoms with E-state index in [0.29, 0.717) is 0 Å². The molecule has 0 aromatic heterocycles. The van der Waals surface area contributed by atoms with E-state index >= 15 is 0 Å². The molecule has 4 nitrogen and oxygen atoms in total. The summed E-state index contributed by atoms with van der Waals surface area (Å²) in [5.41, 5.74) is 1.95. The van der Waals surface area contributed by atoms with Gasteiger partial charge >= 0.3 is 0 Å². The number of nitrogens with one attached hydrogen (secondary N) is 1. The molecule has 0 unspecified atom stereocenters. The standard InChI is InChI=1S/C15H21N3O/c1-15(2,17-14(19)9-10-16)11-12-5-7-13(8-6-12)18(3)4/h5-8H,9,11H2,1-4H3,(H,17,19). The van der Waals surface area contributed by atoms with Gasteiger partial charge in [0.15, 0.2) is 0 Å². The third-order valence-corrected chi connectivity index (χ3v) is 2.82. The summed E-state index contributed by atoms with van der Waals surface area (Å²) in [6.07, 6.45) is 0.640. The van der Waals surface area contributed by atoms with Crippen LogP contribution in [0.25, 0.3) is 0 Å². The van der Waals surface area contributed by atoms with Gasteiger partial charge in [-0.05, 0) is 38.0 Å². The first-order chi connectivity index (χ1) is 8.84. The average molecular weight is 259 g/mol. The van der Waals surface area contributed by atoms with Crippen LogP contribution >= 0.6 is 0 Å². The minimum atomic E-state index is -0.354. The third-order valence-electron chi connectivity index (χ3n) is 2.82. The van der Waals surface area contributed by atoms with E-state index in [9.17, 15) is 4.79 Å². The largest absolute Gasteiger partial charge is 0.378 e. The van der Waals surface area contributed by atoms with Crippen LogP contribution in [0.4, 0.5) is 5.69 Å². The van der Waals surface area contributed by atoms with Gasteiger partial charge in [-0.1, -0.05) is 12.1 Å². The number of hydrogen-bond donors (Lipinski definition) is 1. The van der Waals surface area contributed by atoms with Crippen molar-refractivity contribution in [1.29, 1.82) is 5.26 Å². The Hall–Kier alpha value is -2.02. The maximum absolute atomic E-state index is 11.5. The molecule has 0 fully saturated rings. The Balaban J connectivity index is 2.67. The lowest BCUT2D eigenvalue weighted by molar-refractivity contribution is -0.121. The first kappa shape index (κ1) is 15.0. The van der Waals surface area contributed by atoms with E-state index in [4.69, 9.17) is 5.26 Å². The van der Waals surface area contributed by atoms with Crippen molar-refractivity contribution in [1.82, 2.24) is 5.32 Å². The smallest absolute Gasteiger partial charge is 0.234 e. The Morgan fingerprint density at radius 1 is 1.32 bits per heavy atom. The van der Waals surface area contributed by atoms with Crippen molar-refractivity contribution in [2.24, 2.45) is 0 Å². The van der Waals surface area contributed by atoms with E-state index in [1.807, 2.05) is 38.9 Å². The molecule has 0 aliphatic heterocycles. The molecule has 0 saturated heterocycles. The van der Waals surface area contributed by atoms with Crippen molar-refractivity contribution >= 4 is 11.6 Å². The lowest BCUT2D eigenvalue weighted by atomic mass is 9.94. The van der Waals surface area contributed by atoms with Crippen LogP contribution in [0.3, 0.4) is 0 Å². The molecule has 1 aromatic rings. The Morgan fingerprint density at radius 3 is 2.37 bits per heavy atom. The normalized spacial score (nSPS) is 10.7. The minimum Gasteiger partial charge on any atom is -0.378 e. The topological polar surface area (TPSA) is 56.1 Å². The van der Waals surface area contributed by atoms with E-state index in [1.54, 1.807) is 0 Å². The fourth-order valence-electron chi connectivity index (χ4n) is 1.96. The Morgan fingerprint density at radius 2 is 1.89 bits per heavy atom. The van der Waals surface area contributed by atoms with Crippen molar-refractivity contribution in [2.75, 3.05) is 19.0 Å². The molecule has 0 radical (unpaired) electrons. The second-order valence-electron chi connectivity index (χ2n) is 5.50. The van der Waals surface area contributed by atoms with E-state index in [-0.39, 0.29) is 17.9 Å². The number of benzene rings is 1. The van der Waals surface area contributed by atoms with Crippen molar-refractivity contribution in [3.05, 3.63) is 29.8 Å². The average Bonchev–Trinajstić information content (AvgIpc) is 2.28. The lowest BCUT2D eigenvalue weighted by Crippen LogP contribution is -2.44. The zero-order valence-electron chi connectivity index (χ0n) is 12.0. The molecular formula is C15H21N3O. The highest BCUT2D eigenvalue weighted by atomic mass is 16.1. The summed E-state index contributed by atoms with van der Waals surface area (Å²) in [4.78, 5) is 13.5. The number of anilines is 1. The molecule has 1 aromatic carbocycles. The quantitative estimate of drug-likeness (QED) is 0.881. The fourth-order valence-corrected chi connectivity index (χ4v) is 1.96. The molecule has 1 rings (SSSR count). The molecule has 0 bridgehead atoms. The molecule has 102 valence electrons. The van der Waals surface area contributed by atoms with Crippen molar-refractivity contribution in [3.8, 4) is 6.07 Å². The van der Waals surface area contributed by atoms with Gasteiger partial charge in [-0.25, -0.2) is 0 Å². The molecular weight excluding hydrogens is 238 g/mol. The van der Waals surface area contributed by atoms with E-state index < -0.39 is 0 Å². The van der Waals surface area contributed by atoms with Crippen LogP contribution in [-0.2, 0) is 11.2 Å². The second kappa shape index (κ2) is 6.24. The number of rotatable bonds is 5. The molecule has 1 N–H and O–H groups in total. The van der Waals surface area contributed by atoms with E-state index in [1.165, 1.54) is 0 Å². The molecule has 4 heteroatoms. The summed E-state index contributed by atoms with van der Waals surface area (Å²) in [5.74, 6) is -0.225. The number of carbonyl (C=O) groups excluding carboxylic acids is 1. The second-order valence-corrected chi connectivity index (χ2v) is 5.50. The highest BCUT2D eigenvalue weighted by Crippen LogP contribution is 2.17. The van der Waals surface area contributed by atoms with Crippen LogP contribution in [0, 0.1) is 11.3 Å². The fraction of sp³-hybridized carbons (Fsp3) is 0.467. The zero-order chi connectivity index (χ0) is 14.5. The minimum absolute atomic E-state index is 0.0942. The highest BCUT2D eigenvalue weighted by Gasteiger charge is 2.20. The Labute approximate surface area is 115 Å². The van der Waals surface area contributed by atoms with Gasteiger partial charge < -0.3 is 10.2 Å². The maximum Gasteiger partial charge on any atom is 0.234 e. The first-order valence-corrected chi connectivity index (χ1v) is 6.28. The van der Waals surface area contributed by atoms with Crippen LogP contribution in [0.5, 0.6) is 0 Å². The lowest BCUT2D eigenvalue weighted by Gasteiger charge is -2.26. The van der Waals surface area contributed by atoms with Gasteiger partial charge in [0.25, 0.3) is 0 Å². The maximum atomic E-state index is 11.5. The predicted octanol–water partition coefficient (Wildman–Crippen LogP) is 2.10. The molecule has 0 aliphatic rings. The molecule has 19 heavy (non-hydrogen) atoms. The zero-order valence-corrected chi connectivity index (χ0v) is 12.0. The summed E-state index contributed by atoms with van der Waals surface area (Å²) >= 11 is 0. The van der Waals surface area contributed by atoms with Gasteiger partial charge in [-0.2, -0.15) is 5.26 Å². The summed E-state index contributed by atoms with van der Waals surface area (Å²) < 4.78 is 0. The van der Waals surface area contributed by atoms with E-state index in [0.717, 1.165) is 17.7 Å². The number of nitrogens with zero attached hydrogens (tertiary/aromatic N) is 2. The van der Waals surface area contributed by atoms with Crippen LogP contribution in [-0.4, -0.2) is 25.5 Å². The molecule has 0 spiro atoms.